The lowest BCUT2D eigenvalue weighted by Gasteiger charge is -2.25. The van der Waals surface area contributed by atoms with E-state index in [1.165, 1.54) is 23.1 Å². The van der Waals surface area contributed by atoms with Crippen LogP contribution in [0.3, 0.4) is 0 Å². The standard InChI is InChI=1S/C23H21BrN2O7/c24-15-11-9-14(10-12-15)21(29)19-20(16-6-3-4-7-17(16)26(32)33)25(23(31)22(19)30)13-5-1-2-8-18(27)28/h3-4,6-7,9-12,20,29H,1-2,5,8,13H2,(H,27,28)/b21-19+/t20-/m0/s1. The highest BCUT2D eigenvalue weighted by molar-refractivity contribution is 9.10. The molecule has 0 bridgehead atoms. The third-order valence-corrected chi connectivity index (χ3v) is 5.90. The average molecular weight is 517 g/mol. The zero-order chi connectivity index (χ0) is 24.1. The van der Waals surface area contributed by atoms with Gasteiger partial charge in [0.1, 0.15) is 5.76 Å². The molecule has 2 aromatic carbocycles. The fraction of sp³-hybridized carbons (Fsp3) is 0.261. The Bertz CT molecular complexity index is 1130. The third-order valence-electron chi connectivity index (χ3n) is 5.38. The van der Waals surface area contributed by atoms with Gasteiger partial charge in [0.15, 0.2) is 0 Å². The molecule has 1 atom stereocenters. The molecule has 0 radical (unpaired) electrons. The molecule has 33 heavy (non-hydrogen) atoms. The summed E-state index contributed by atoms with van der Waals surface area (Å²) in [7, 11) is 0. The van der Waals surface area contributed by atoms with Crippen molar-refractivity contribution in [1.82, 2.24) is 4.90 Å². The van der Waals surface area contributed by atoms with Crippen molar-refractivity contribution in [3.63, 3.8) is 0 Å². The number of carbonyl (C=O) groups is 3. The highest BCUT2D eigenvalue weighted by Gasteiger charge is 2.47. The van der Waals surface area contributed by atoms with Gasteiger partial charge in [-0.05, 0) is 31.0 Å². The SMILES string of the molecule is O=C(O)CCCCCN1C(=O)C(=O)/C(=C(/O)c2ccc(Br)cc2)[C@@H]1c1ccccc1[N+](=O)[O-]. The number of aliphatic hydroxyl groups excluding tert-OH is 1. The van der Waals surface area contributed by atoms with Gasteiger partial charge in [-0.1, -0.05) is 46.6 Å². The van der Waals surface area contributed by atoms with Crippen molar-refractivity contribution in [1.29, 1.82) is 0 Å². The molecule has 1 aliphatic rings. The zero-order valence-electron chi connectivity index (χ0n) is 17.4. The molecule has 1 heterocycles. The Labute approximate surface area is 197 Å². The van der Waals surface area contributed by atoms with E-state index in [-0.39, 0.29) is 29.8 Å². The van der Waals surface area contributed by atoms with Gasteiger partial charge in [0, 0.05) is 29.1 Å². The molecule has 1 aliphatic heterocycles. The largest absolute Gasteiger partial charge is 0.507 e. The van der Waals surface area contributed by atoms with E-state index >= 15 is 0 Å². The highest BCUT2D eigenvalue weighted by atomic mass is 79.9. The lowest BCUT2D eigenvalue weighted by Crippen LogP contribution is -2.31. The van der Waals surface area contributed by atoms with Crippen molar-refractivity contribution >= 4 is 45.0 Å². The van der Waals surface area contributed by atoms with Crippen LogP contribution in [0, 0.1) is 10.1 Å². The molecule has 172 valence electrons. The van der Waals surface area contributed by atoms with Crippen molar-refractivity contribution < 1.29 is 29.5 Å². The molecular weight excluding hydrogens is 496 g/mol. The Kier molecular flexibility index (Phi) is 7.59. The number of nitrogens with zero attached hydrogens (tertiary/aromatic N) is 2. The number of carboxylic acids is 1. The van der Waals surface area contributed by atoms with Crippen LogP contribution in [-0.2, 0) is 14.4 Å². The minimum absolute atomic E-state index is 0.0179. The van der Waals surface area contributed by atoms with Crippen molar-refractivity contribution in [3.05, 3.63) is 79.8 Å². The lowest BCUT2D eigenvalue weighted by atomic mass is 9.94. The maximum atomic E-state index is 13.0. The van der Waals surface area contributed by atoms with Gasteiger partial charge >= 0.3 is 5.97 Å². The molecule has 9 nitrogen and oxygen atoms in total. The van der Waals surface area contributed by atoms with Gasteiger partial charge in [-0.3, -0.25) is 24.5 Å². The third kappa shape index (κ3) is 5.28. The number of ketones is 1. The van der Waals surface area contributed by atoms with Crippen LogP contribution in [0.15, 0.2) is 58.6 Å². The number of carbonyl (C=O) groups excluding carboxylic acids is 2. The van der Waals surface area contributed by atoms with Gasteiger partial charge in [-0.25, -0.2) is 0 Å². The summed E-state index contributed by atoms with van der Waals surface area (Å²) in [4.78, 5) is 48.9. The average Bonchev–Trinajstić information content (AvgIpc) is 3.03. The van der Waals surface area contributed by atoms with Crippen LogP contribution in [0.4, 0.5) is 5.69 Å². The van der Waals surface area contributed by atoms with Crippen molar-refractivity contribution in [2.24, 2.45) is 0 Å². The minimum atomic E-state index is -1.14. The van der Waals surface area contributed by atoms with Gasteiger partial charge in [-0.2, -0.15) is 0 Å². The first-order valence-electron chi connectivity index (χ1n) is 10.2. The molecule has 0 unspecified atom stereocenters. The Hall–Kier alpha value is -3.53. The minimum Gasteiger partial charge on any atom is -0.507 e. The smallest absolute Gasteiger partial charge is 0.303 e. The van der Waals surface area contributed by atoms with E-state index in [0.717, 1.165) is 4.47 Å². The molecule has 2 N–H and O–H groups in total. The predicted octanol–water partition coefficient (Wildman–Crippen LogP) is 4.42. The van der Waals surface area contributed by atoms with E-state index in [0.29, 0.717) is 24.8 Å². The van der Waals surface area contributed by atoms with Gasteiger partial charge in [0.05, 0.1) is 22.1 Å². The summed E-state index contributed by atoms with van der Waals surface area (Å²) in [6.45, 7) is 0.0814. The van der Waals surface area contributed by atoms with Crippen LogP contribution in [0.5, 0.6) is 0 Å². The van der Waals surface area contributed by atoms with Crippen LogP contribution in [0.1, 0.15) is 42.9 Å². The summed E-state index contributed by atoms with van der Waals surface area (Å²) in [5, 5.41) is 31.4. The first-order valence-corrected chi connectivity index (χ1v) is 11.0. The maximum absolute atomic E-state index is 13.0. The predicted molar refractivity (Wildman–Crippen MR) is 122 cm³/mol. The number of carboxylic acid groups (broad SMARTS) is 1. The Morgan fingerprint density at radius 2 is 1.70 bits per heavy atom. The molecule has 1 amide bonds. The van der Waals surface area contributed by atoms with E-state index in [9.17, 15) is 29.6 Å². The number of aliphatic carboxylic acids is 1. The van der Waals surface area contributed by atoms with Crippen LogP contribution >= 0.6 is 15.9 Å². The van der Waals surface area contributed by atoms with Crippen LogP contribution in [-0.4, -0.2) is 44.2 Å². The number of para-hydroxylation sites is 1. The molecule has 0 spiro atoms. The molecule has 3 rings (SSSR count). The first-order chi connectivity index (χ1) is 15.7. The summed E-state index contributed by atoms with van der Waals surface area (Å²) in [6.07, 6.45) is 1.27. The Balaban J connectivity index is 2.06. The fourth-order valence-electron chi connectivity index (χ4n) is 3.82. The van der Waals surface area contributed by atoms with Crippen molar-refractivity contribution in [3.8, 4) is 0 Å². The van der Waals surface area contributed by atoms with Gasteiger partial charge in [-0.15, -0.1) is 0 Å². The van der Waals surface area contributed by atoms with Crippen LogP contribution < -0.4 is 0 Å². The number of likely N-dealkylation sites (tertiary alicyclic amines) is 1. The molecule has 0 aliphatic carbocycles. The molecule has 0 aromatic heterocycles. The van der Waals surface area contributed by atoms with Crippen LogP contribution in [0.2, 0.25) is 0 Å². The number of nitro benzene ring substituents is 1. The van der Waals surface area contributed by atoms with Gasteiger partial charge in [0.2, 0.25) is 0 Å². The summed E-state index contributed by atoms with van der Waals surface area (Å²) in [5.74, 6) is -3.14. The fourth-order valence-corrected chi connectivity index (χ4v) is 4.08. The molecule has 10 heteroatoms. The van der Waals surface area contributed by atoms with Crippen molar-refractivity contribution in [2.45, 2.75) is 31.7 Å². The molecule has 2 aromatic rings. The number of hydrogen-bond donors (Lipinski definition) is 2. The Morgan fingerprint density at radius 1 is 1.03 bits per heavy atom. The van der Waals surface area contributed by atoms with Gasteiger partial charge in [0.25, 0.3) is 17.4 Å². The van der Waals surface area contributed by atoms with E-state index < -0.39 is 34.4 Å². The molecule has 1 fully saturated rings. The second-order valence-electron chi connectivity index (χ2n) is 7.52. The number of benzene rings is 2. The number of halogens is 1. The van der Waals surface area contributed by atoms with Crippen molar-refractivity contribution in [2.75, 3.05) is 6.54 Å². The summed E-state index contributed by atoms with van der Waals surface area (Å²) in [5.41, 5.74) is -0.0868. The van der Waals surface area contributed by atoms with E-state index in [1.807, 2.05) is 0 Å². The first kappa shape index (κ1) is 24.1. The topological polar surface area (TPSA) is 138 Å². The highest BCUT2D eigenvalue weighted by Crippen LogP contribution is 2.42. The number of unbranched alkanes of at least 4 members (excludes halogenated alkanes) is 2. The number of amides is 1. The molecule has 0 saturated carbocycles. The summed E-state index contributed by atoms with van der Waals surface area (Å²) < 4.78 is 0.746. The maximum Gasteiger partial charge on any atom is 0.303 e. The monoisotopic (exact) mass is 516 g/mol. The number of rotatable bonds is 9. The quantitative estimate of drug-likeness (QED) is 0.125. The number of hydrogen-bond acceptors (Lipinski definition) is 6. The van der Waals surface area contributed by atoms with E-state index in [1.54, 1.807) is 30.3 Å². The summed E-state index contributed by atoms with van der Waals surface area (Å²) >= 11 is 3.29. The number of Topliss-reactive ketones (excluding diaryl/α,β-unsaturated/α-hetero) is 1. The number of aliphatic hydroxyl groups is 1. The normalized spacial score (nSPS) is 17.4. The van der Waals surface area contributed by atoms with E-state index in [2.05, 4.69) is 15.9 Å². The zero-order valence-corrected chi connectivity index (χ0v) is 19.0. The van der Waals surface area contributed by atoms with Gasteiger partial charge < -0.3 is 15.1 Å². The second-order valence-corrected chi connectivity index (χ2v) is 8.44. The molecular formula is C23H21BrN2O7. The second kappa shape index (κ2) is 10.4. The van der Waals surface area contributed by atoms with E-state index in [4.69, 9.17) is 5.11 Å². The van der Waals surface area contributed by atoms with Crippen LogP contribution in [0.25, 0.3) is 5.76 Å². The lowest BCUT2D eigenvalue weighted by molar-refractivity contribution is -0.385. The summed E-state index contributed by atoms with van der Waals surface area (Å²) in [6, 6.07) is 11.1. The number of nitro groups is 1. The molecule has 1 saturated heterocycles. The Morgan fingerprint density at radius 3 is 2.33 bits per heavy atom.